The average Bonchev–Trinajstić information content (AvgIpc) is 3.72. The summed E-state index contributed by atoms with van der Waals surface area (Å²) < 4.78 is 0.997. The minimum atomic E-state index is -0.440. The molecule has 0 bridgehead atoms. The van der Waals surface area contributed by atoms with Crippen LogP contribution in [-0.2, 0) is 5.41 Å². The highest BCUT2D eigenvalue weighted by Gasteiger charge is 2.51. The summed E-state index contributed by atoms with van der Waals surface area (Å²) in [7, 11) is 0. The second kappa shape index (κ2) is 13.0. The van der Waals surface area contributed by atoms with Crippen molar-refractivity contribution in [2.45, 2.75) is 5.41 Å². The Morgan fingerprint density at radius 3 is 1.29 bits per heavy atom. The Labute approximate surface area is 335 Å². The lowest BCUT2D eigenvalue weighted by atomic mass is 9.70. The molecule has 0 N–H and O–H groups in total. The van der Waals surface area contributed by atoms with Crippen molar-refractivity contribution < 1.29 is 0 Å². The van der Waals surface area contributed by atoms with Crippen molar-refractivity contribution in [3.8, 4) is 22.3 Å². The molecule has 264 valence electrons. The lowest BCUT2D eigenvalue weighted by Crippen LogP contribution is -2.26. The van der Waals surface area contributed by atoms with Gasteiger partial charge in [0, 0.05) is 38.6 Å². The summed E-state index contributed by atoms with van der Waals surface area (Å²) in [6.45, 7) is 0. The van der Waals surface area contributed by atoms with Crippen LogP contribution in [0.1, 0.15) is 22.3 Å². The first-order valence-electron chi connectivity index (χ1n) is 19.1. The maximum atomic E-state index is 3.98. The molecular weight excluding hydrogens is 745 g/mol. The van der Waals surface area contributed by atoms with Gasteiger partial charge in [-0.2, -0.15) is 0 Å². The Balaban J connectivity index is 1.17. The molecule has 0 heterocycles. The van der Waals surface area contributed by atoms with Crippen LogP contribution in [0.3, 0.4) is 0 Å². The predicted molar refractivity (Wildman–Crippen MR) is 237 cm³/mol. The van der Waals surface area contributed by atoms with E-state index in [4.69, 9.17) is 0 Å². The number of fused-ring (bicyclic) bond motifs is 11. The Bertz CT molecular complexity index is 2850. The molecule has 11 rings (SSSR count). The number of halogens is 1. The molecule has 2 aliphatic carbocycles. The summed E-state index contributed by atoms with van der Waals surface area (Å²) in [5.41, 5.74) is 16.6. The van der Waals surface area contributed by atoms with Gasteiger partial charge in [0.15, 0.2) is 0 Å². The third-order valence-electron chi connectivity index (χ3n) is 11.6. The first-order chi connectivity index (χ1) is 27.7. The van der Waals surface area contributed by atoms with Crippen LogP contribution in [0.25, 0.3) is 33.0 Å². The molecule has 0 saturated carbocycles. The van der Waals surface area contributed by atoms with E-state index in [1.54, 1.807) is 0 Å². The summed E-state index contributed by atoms with van der Waals surface area (Å²) in [4.78, 5) is 4.76. The average molecular weight is 780 g/mol. The molecule has 2 nitrogen and oxygen atoms in total. The Morgan fingerprint density at radius 1 is 0.286 bits per heavy atom. The molecule has 0 fully saturated rings. The molecule has 0 amide bonds. The second-order valence-electron chi connectivity index (χ2n) is 14.7. The molecule has 0 unspecified atom stereocenters. The van der Waals surface area contributed by atoms with Crippen molar-refractivity contribution in [2.24, 2.45) is 0 Å². The van der Waals surface area contributed by atoms with E-state index in [1.165, 1.54) is 55.3 Å². The number of para-hydroxylation sites is 2. The molecular formula is C53H35BrN2. The fraction of sp³-hybridized carbons (Fsp3) is 0.0189. The van der Waals surface area contributed by atoms with Gasteiger partial charge in [0.05, 0.1) is 5.41 Å². The Hall–Kier alpha value is -6.68. The van der Waals surface area contributed by atoms with Gasteiger partial charge in [0.25, 0.3) is 0 Å². The van der Waals surface area contributed by atoms with E-state index < -0.39 is 5.41 Å². The van der Waals surface area contributed by atoms with E-state index in [0.717, 1.165) is 38.6 Å². The lowest BCUT2D eigenvalue weighted by molar-refractivity contribution is 0.793. The van der Waals surface area contributed by atoms with Gasteiger partial charge in [-0.05, 0) is 122 Å². The molecule has 0 aromatic heterocycles. The van der Waals surface area contributed by atoms with Gasteiger partial charge in [-0.15, -0.1) is 0 Å². The number of nitrogens with zero attached hydrogens (tertiary/aromatic N) is 2. The van der Waals surface area contributed by atoms with Crippen LogP contribution in [0.15, 0.2) is 217 Å². The van der Waals surface area contributed by atoms with Gasteiger partial charge >= 0.3 is 0 Å². The Kier molecular flexibility index (Phi) is 7.58. The zero-order valence-corrected chi connectivity index (χ0v) is 32.1. The second-order valence-corrected chi connectivity index (χ2v) is 15.6. The van der Waals surface area contributed by atoms with Crippen LogP contribution in [0.5, 0.6) is 0 Å². The maximum Gasteiger partial charge on any atom is 0.0726 e. The topological polar surface area (TPSA) is 6.48 Å². The number of anilines is 6. The summed E-state index contributed by atoms with van der Waals surface area (Å²) in [5.74, 6) is 0. The van der Waals surface area contributed by atoms with Gasteiger partial charge in [0.2, 0.25) is 0 Å². The van der Waals surface area contributed by atoms with Gasteiger partial charge in [0.1, 0.15) is 0 Å². The standard InChI is InChI=1S/C53H35BrN2/c54-38-32-43(55(39-17-3-1-4-18-39)40-19-5-2-6-20-40)34-44(33-38)56(41-28-27-36-15-7-8-16-37(36)31-41)42-29-30-48-47-23-11-14-26-51(47)53(52(48)35-42)49-24-12-9-21-45(49)46-22-10-13-25-50(46)53/h1-35H. The van der Waals surface area contributed by atoms with E-state index in [1.807, 2.05) is 0 Å². The fourth-order valence-electron chi connectivity index (χ4n) is 9.40. The minimum Gasteiger partial charge on any atom is -0.310 e. The fourth-order valence-corrected chi connectivity index (χ4v) is 9.87. The zero-order valence-electron chi connectivity index (χ0n) is 30.5. The van der Waals surface area contributed by atoms with Crippen LogP contribution < -0.4 is 9.80 Å². The van der Waals surface area contributed by atoms with E-state index >= 15 is 0 Å². The molecule has 1 spiro atoms. The van der Waals surface area contributed by atoms with Gasteiger partial charge < -0.3 is 9.80 Å². The summed E-state index contributed by atoms with van der Waals surface area (Å²) in [6.07, 6.45) is 0. The van der Waals surface area contributed by atoms with Crippen molar-refractivity contribution in [3.63, 3.8) is 0 Å². The maximum absolute atomic E-state index is 3.98. The first kappa shape index (κ1) is 32.7. The summed E-state index contributed by atoms with van der Waals surface area (Å²) in [6, 6.07) is 77.6. The number of hydrogen-bond donors (Lipinski definition) is 0. The van der Waals surface area contributed by atoms with Gasteiger partial charge in [-0.25, -0.2) is 0 Å². The summed E-state index contributed by atoms with van der Waals surface area (Å²) >= 11 is 3.98. The normalized spacial score (nSPS) is 12.9. The monoisotopic (exact) mass is 778 g/mol. The highest BCUT2D eigenvalue weighted by atomic mass is 79.9. The third-order valence-corrected chi connectivity index (χ3v) is 12.1. The third kappa shape index (κ3) is 4.94. The van der Waals surface area contributed by atoms with Crippen LogP contribution in [0.2, 0.25) is 0 Å². The van der Waals surface area contributed by atoms with Crippen LogP contribution in [0, 0.1) is 0 Å². The summed E-state index contributed by atoms with van der Waals surface area (Å²) in [5, 5.41) is 2.41. The lowest BCUT2D eigenvalue weighted by Gasteiger charge is -2.33. The first-order valence-corrected chi connectivity index (χ1v) is 19.9. The van der Waals surface area contributed by atoms with Crippen molar-refractivity contribution in [2.75, 3.05) is 9.80 Å². The van der Waals surface area contributed by atoms with E-state index in [0.29, 0.717) is 0 Å². The highest BCUT2D eigenvalue weighted by Crippen LogP contribution is 2.63. The molecule has 56 heavy (non-hydrogen) atoms. The largest absolute Gasteiger partial charge is 0.310 e. The molecule has 0 radical (unpaired) electrons. The van der Waals surface area contributed by atoms with Crippen molar-refractivity contribution in [1.29, 1.82) is 0 Å². The number of rotatable bonds is 6. The highest BCUT2D eigenvalue weighted by molar-refractivity contribution is 9.10. The van der Waals surface area contributed by atoms with Gasteiger partial charge in [-0.1, -0.05) is 162 Å². The van der Waals surface area contributed by atoms with E-state index in [-0.39, 0.29) is 0 Å². The molecule has 9 aromatic carbocycles. The molecule has 0 atom stereocenters. The molecule has 2 aliphatic rings. The quantitative estimate of drug-likeness (QED) is 0.166. The molecule has 0 aliphatic heterocycles. The van der Waals surface area contributed by atoms with Crippen LogP contribution >= 0.6 is 15.9 Å². The van der Waals surface area contributed by atoms with Gasteiger partial charge in [-0.3, -0.25) is 0 Å². The van der Waals surface area contributed by atoms with E-state index in [9.17, 15) is 0 Å². The SMILES string of the molecule is Brc1cc(N(c2ccccc2)c2ccccc2)cc(N(c2ccc3c(c2)C2(c4ccccc4-c4ccccc42)c2ccccc2-3)c2ccc3ccccc3c2)c1. The molecule has 9 aromatic rings. The predicted octanol–water partition coefficient (Wildman–Crippen LogP) is 14.9. The Morgan fingerprint density at radius 2 is 0.714 bits per heavy atom. The smallest absolute Gasteiger partial charge is 0.0726 e. The van der Waals surface area contributed by atoms with Crippen LogP contribution in [-0.4, -0.2) is 0 Å². The minimum absolute atomic E-state index is 0.440. The van der Waals surface area contributed by atoms with Crippen molar-refractivity contribution in [1.82, 2.24) is 0 Å². The van der Waals surface area contributed by atoms with Crippen LogP contribution in [0.4, 0.5) is 34.1 Å². The number of hydrogen-bond acceptors (Lipinski definition) is 2. The zero-order chi connectivity index (χ0) is 37.2. The van der Waals surface area contributed by atoms with E-state index in [2.05, 4.69) is 238 Å². The van der Waals surface area contributed by atoms with Crippen molar-refractivity contribution in [3.05, 3.63) is 239 Å². The number of benzene rings is 9. The molecule has 3 heteroatoms. The molecule has 0 saturated heterocycles. The van der Waals surface area contributed by atoms with Crippen molar-refractivity contribution >= 4 is 60.8 Å².